The van der Waals surface area contributed by atoms with Gasteiger partial charge in [-0.25, -0.2) is 0 Å². The van der Waals surface area contributed by atoms with Crippen LogP contribution in [0.15, 0.2) is 0 Å². The van der Waals surface area contributed by atoms with Crippen LogP contribution in [0.2, 0.25) is 0 Å². The molecular formula is C4H3Br4Cl3. The van der Waals surface area contributed by atoms with E-state index in [1.807, 2.05) is 0 Å². The Morgan fingerprint density at radius 1 is 1.09 bits per heavy atom. The van der Waals surface area contributed by atoms with E-state index in [0.717, 1.165) is 0 Å². The van der Waals surface area contributed by atoms with Gasteiger partial charge in [-0.1, -0.05) is 82.6 Å². The first-order valence-electron chi connectivity index (χ1n) is 2.40. The monoisotopic (exact) mass is 472 g/mol. The molecule has 0 saturated heterocycles. The minimum Gasteiger partial charge on any atom is -0.0939 e. The lowest BCUT2D eigenvalue weighted by atomic mass is 10.4. The van der Waals surface area contributed by atoms with E-state index in [1.54, 1.807) is 0 Å². The van der Waals surface area contributed by atoms with Gasteiger partial charge in [0.15, 0.2) is 5.94 Å². The van der Waals surface area contributed by atoms with Crippen LogP contribution in [-0.4, -0.2) is 10.8 Å². The molecule has 11 heavy (non-hydrogen) atoms. The summed E-state index contributed by atoms with van der Waals surface area (Å²) in [6.07, 6.45) is 0.521. The number of hydrogen-bond acceptors (Lipinski definition) is 0. The average molecular weight is 477 g/mol. The second kappa shape index (κ2) is 5.04. The van der Waals surface area contributed by atoms with Crippen molar-refractivity contribution >= 4 is 98.5 Å². The molecule has 0 nitrogen and oxygen atoms in total. The summed E-state index contributed by atoms with van der Waals surface area (Å²) >= 11 is 30.0. The van der Waals surface area contributed by atoms with Gasteiger partial charge in [0.2, 0.25) is 0 Å². The van der Waals surface area contributed by atoms with Crippen LogP contribution in [0.4, 0.5) is 0 Å². The first-order chi connectivity index (χ1) is 4.63. The molecule has 7 heteroatoms. The van der Waals surface area contributed by atoms with Crippen molar-refractivity contribution in [1.82, 2.24) is 0 Å². The molecule has 0 amide bonds. The van der Waals surface area contributed by atoms with Crippen molar-refractivity contribution in [2.75, 3.05) is 0 Å². The lowest BCUT2D eigenvalue weighted by Crippen LogP contribution is -2.23. The summed E-state index contributed by atoms with van der Waals surface area (Å²) in [5.74, 6) is 0. The third-order valence-electron chi connectivity index (χ3n) is 0.766. The Bertz CT molecular complexity index is 126. The molecule has 0 aliphatic heterocycles. The molecule has 0 aromatic heterocycles. The minimum absolute atomic E-state index is 0.158. The van der Waals surface area contributed by atoms with Crippen LogP contribution < -0.4 is 0 Å². The molecule has 0 aliphatic rings. The Morgan fingerprint density at radius 3 is 1.55 bits per heavy atom. The quantitative estimate of drug-likeness (QED) is 0.482. The molecule has 1 atom stereocenters. The number of alkyl halides is 7. The molecule has 0 N–H and O–H groups in total. The SMILES string of the molecule is ClC(Br)(Br)CC(Br)C(Cl)(Cl)Br. The largest absolute Gasteiger partial charge is 0.184 e. The van der Waals surface area contributed by atoms with Crippen LogP contribution in [0.25, 0.3) is 0 Å². The van der Waals surface area contributed by atoms with Gasteiger partial charge in [-0.15, -0.1) is 0 Å². The van der Waals surface area contributed by atoms with Gasteiger partial charge in [0, 0.05) is 6.42 Å². The second-order valence-corrected chi connectivity index (χ2v) is 11.8. The summed E-state index contributed by atoms with van der Waals surface area (Å²) in [4.78, 5) is -0.158. The van der Waals surface area contributed by atoms with Crippen molar-refractivity contribution in [3.8, 4) is 0 Å². The lowest BCUT2D eigenvalue weighted by molar-refractivity contribution is 0.843. The average Bonchev–Trinajstić information content (AvgIpc) is 1.56. The predicted octanol–water partition coefficient (Wildman–Crippen LogP) is 5.35. The summed E-state index contributed by atoms with van der Waals surface area (Å²) in [6.45, 7) is 0. The van der Waals surface area contributed by atoms with Gasteiger partial charge in [0.25, 0.3) is 0 Å². The Hall–Kier alpha value is 2.79. The number of hydrogen-bond donors (Lipinski definition) is 0. The topological polar surface area (TPSA) is 0 Å². The fraction of sp³-hybridized carbons (Fsp3) is 1.00. The summed E-state index contributed by atoms with van der Waals surface area (Å²) < 4.78 is -1.67. The van der Waals surface area contributed by atoms with E-state index in [2.05, 4.69) is 63.7 Å². The molecule has 68 valence electrons. The summed E-state index contributed by atoms with van der Waals surface area (Å²) in [5.41, 5.74) is 0. The van der Waals surface area contributed by atoms with Gasteiger partial charge >= 0.3 is 0 Å². The van der Waals surface area contributed by atoms with Crippen molar-refractivity contribution in [3.63, 3.8) is 0 Å². The van der Waals surface area contributed by atoms with Gasteiger partial charge in [-0.05, 0) is 15.9 Å². The van der Waals surface area contributed by atoms with E-state index in [-0.39, 0.29) is 4.83 Å². The van der Waals surface area contributed by atoms with Crippen LogP contribution in [0.5, 0.6) is 0 Å². The summed E-state index contributed by atoms with van der Waals surface area (Å²) in [5, 5.41) is 0. The number of halogens is 7. The first-order valence-corrected chi connectivity index (χ1v) is 6.83. The van der Waals surface area contributed by atoms with Crippen LogP contribution in [-0.2, 0) is 0 Å². The Labute approximate surface area is 114 Å². The summed E-state index contributed by atoms with van der Waals surface area (Å²) in [7, 11) is 0. The fourth-order valence-corrected chi connectivity index (χ4v) is 2.98. The minimum atomic E-state index is -1.01. The van der Waals surface area contributed by atoms with E-state index >= 15 is 0 Å². The van der Waals surface area contributed by atoms with E-state index in [4.69, 9.17) is 34.8 Å². The zero-order valence-electron chi connectivity index (χ0n) is 4.93. The van der Waals surface area contributed by atoms with Gasteiger partial charge < -0.3 is 0 Å². The van der Waals surface area contributed by atoms with E-state index in [0.29, 0.717) is 6.42 Å². The maximum atomic E-state index is 5.80. The predicted molar refractivity (Wildman–Crippen MR) is 67.1 cm³/mol. The van der Waals surface area contributed by atoms with E-state index in [1.165, 1.54) is 0 Å². The molecule has 0 aromatic carbocycles. The van der Waals surface area contributed by atoms with Crippen molar-refractivity contribution in [2.24, 2.45) is 0 Å². The molecule has 0 fully saturated rings. The molecule has 0 radical (unpaired) electrons. The van der Waals surface area contributed by atoms with Gasteiger partial charge in [-0.2, -0.15) is 0 Å². The zero-order chi connectivity index (χ0) is 9.28. The smallest absolute Gasteiger partial charge is 0.0939 e. The standard InChI is InChI=1S/C4H3Br4Cl3/c5-2(4(8,10)11)1-3(6,7)9/h2H,1H2. The van der Waals surface area contributed by atoms with Gasteiger partial charge in [-0.3, -0.25) is 0 Å². The van der Waals surface area contributed by atoms with Crippen LogP contribution in [0.3, 0.4) is 0 Å². The van der Waals surface area contributed by atoms with Crippen molar-refractivity contribution in [1.29, 1.82) is 0 Å². The summed E-state index contributed by atoms with van der Waals surface area (Å²) in [6, 6.07) is 0. The van der Waals surface area contributed by atoms with Gasteiger partial charge in [0.05, 0.1) is 4.83 Å². The maximum absolute atomic E-state index is 5.80. The third-order valence-corrected chi connectivity index (χ3v) is 4.80. The molecule has 0 saturated carbocycles. The van der Waals surface area contributed by atoms with Crippen molar-refractivity contribution < 1.29 is 0 Å². The molecule has 1 unspecified atom stereocenters. The molecule has 0 rings (SSSR count). The van der Waals surface area contributed by atoms with Crippen LogP contribution >= 0.6 is 98.5 Å². The lowest BCUT2D eigenvalue weighted by Gasteiger charge is -2.22. The number of rotatable bonds is 3. The van der Waals surface area contributed by atoms with Crippen LogP contribution in [0.1, 0.15) is 6.42 Å². The first kappa shape index (κ1) is 13.8. The molecular weight excluding hydrogens is 474 g/mol. The Kier molecular flexibility index (Phi) is 6.31. The maximum Gasteiger partial charge on any atom is 0.184 e. The Morgan fingerprint density at radius 2 is 1.45 bits per heavy atom. The highest BCUT2D eigenvalue weighted by Crippen LogP contribution is 2.45. The fourth-order valence-electron chi connectivity index (χ4n) is 0.319. The Balaban J connectivity index is 3.99. The van der Waals surface area contributed by atoms with Gasteiger partial charge in [0.1, 0.15) is 0 Å². The third kappa shape index (κ3) is 7.83. The second-order valence-electron chi connectivity index (χ2n) is 1.83. The van der Waals surface area contributed by atoms with Crippen molar-refractivity contribution in [2.45, 2.75) is 17.2 Å². The molecule has 0 spiro atoms. The van der Waals surface area contributed by atoms with Crippen LogP contribution in [0, 0.1) is 0 Å². The highest BCUT2D eigenvalue weighted by molar-refractivity contribution is 9.26. The molecule has 0 heterocycles. The molecule has 0 bridgehead atoms. The zero-order valence-corrected chi connectivity index (χ0v) is 13.5. The highest BCUT2D eigenvalue weighted by Gasteiger charge is 2.35. The van der Waals surface area contributed by atoms with Crippen molar-refractivity contribution in [3.05, 3.63) is 0 Å². The van der Waals surface area contributed by atoms with E-state index in [9.17, 15) is 0 Å². The molecule has 0 aliphatic carbocycles. The van der Waals surface area contributed by atoms with E-state index < -0.39 is 5.94 Å². The molecule has 0 aromatic rings. The highest BCUT2D eigenvalue weighted by atomic mass is 79.9. The normalized spacial score (nSPS) is 16.6.